The molecule has 1 aromatic carbocycles. The smallest absolute Gasteiger partial charge is 0.223 e. The number of pyridine rings is 1. The minimum atomic E-state index is -0.0982. The van der Waals surface area contributed by atoms with Crippen LogP contribution in [0.3, 0.4) is 0 Å². The summed E-state index contributed by atoms with van der Waals surface area (Å²) in [6.07, 6.45) is 1.95. The normalized spacial score (nSPS) is 10.6. The van der Waals surface area contributed by atoms with Crippen molar-refractivity contribution in [1.29, 1.82) is 0 Å². The van der Waals surface area contributed by atoms with Gasteiger partial charge in [0.25, 0.3) is 0 Å². The molecule has 0 saturated heterocycles. The minimum absolute atomic E-state index is 0.0642. The highest BCUT2D eigenvalue weighted by atomic mass is 16.2. The van der Waals surface area contributed by atoms with Crippen LogP contribution in [0.25, 0.3) is 0 Å². The molecule has 0 aliphatic rings. The molecule has 0 fully saturated rings. The van der Waals surface area contributed by atoms with Gasteiger partial charge in [0.1, 0.15) is 0 Å². The Morgan fingerprint density at radius 1 is 1.12 bits per heavy atom. The second-order valence-corrected chi connectivity index (χ2v) is 6.23. The predicted molar refractivity (Wildman–Crippen MR) is 99.3 cm³/mol. The SMILES string of the molecule is CC(=O)N(CCC(=O)NCc1ccccn1)c1ccccc1C(C)C. The molecule has 25 heavy (non-hydrogen) atoms. The van der Waals surface area contributed by atoms with Crippen LogP contribution in [0.5, 0.6) is 0 Å². The fourth-order valence-electron chi connectivity index (χ4n) is 2.66. The maximum Gasteiger partial charge on any atom is 0.223 e. The molecule has 0 aliphatic heterocycles. The Balaban J connectivity index is 1.98. The Hall–Kier alpha value is -2.69. The lowest BCUT2D eigenvalue weighted by Gasteiger charge is -2.25. The predicted octanol–water partition coefficient (Wildman–Crippen LogP) is 3.26. The number of hydrogen-bond donors (Lipinski definition) is 1. The third-order valence-corrected chi connectivity index (χ3v) is 3.98. The first kappa shape index (κ1) is 18.6. The number of nitrogens with one attached hydrogen (secondary N) is 1. The summed E-state index contributed by atoms with van der Waals surface area (Å²) in [6, 6.07) is 13.4. The first-order valence-electron chi connectivity index (χ1n) is 8.52. The highest BCUT2D eigenvalue weighted by Crippen LogP contribution is 2.27. The molecule has 2 amide bonds. The van der Waals surface area contributed by atoms with Gasteiger partial charge in [-0.25, -0.2) is 0 Å². The van der Waals surface area contributed by atoms with Crippen molar-refractivity contribution in [2.24, 2.45) is 0 Å². The monoisotopic (exact) mass is 339 g/mol. The van der Waals surface area contributed by atoms with Crippen LogP contribution in [-0.2, 0) is 16.1 Å². The van der Waals surface area contributed by atoms with Crippen LogP contribution in [0.15, 0.2) is 48.7 Å². The van der Waals surface area contributed by atoms with Crippen molar-refractivity contribution in [2.45, 2.75) is 39.7 Å². The number of hydrogen-bond acceptors (Lipinski definition) is 3. The number of rotatable bonds is 7. The Bertz CT molecular complexity index is 714. The zero-order valence-electron chi connectivity index (χ0n) is 15.0. The van der Waals surface area contributed by atoms with Gasteiger partial charge < -0.3 is 10.2 Å². The van der Waals surface area contributed by atoms with Gasteiger partial charge in [-0.3, -0.25) is 14.6 Å². The largest absolute Gasteiger partial charge is 0.350 e. The third kappa shape index (κ3) is 5.41. The number of nitrogens with zero attached hydrogens (tertiary/aromatic N) is 2. The van der Waals surface area contributed by atoms with E-state index in [9.17, 15) is 9.59 Å². The zero-order chi connectivity index (χ0) is 18.2. The van der Waals surface area contributed by atoms with E-state index in [0.717, 1.165) is 16.9 Å². The average molecular weight is 339 g/mol. The summed E-state index contributed by atoms with van der Waals surface area (Å²) in [7, 11) is 0. The molecule has 1 heterocycles. The van der Waals surface area contributed by atoms with Crippen LogP contribution in [-0.4, -0.2) is 23.3 Å². The Morgan fingerprint density at radius 3 is 2.48 bits per heavy atom. The molecule has 0 aliphatic carbocycles. The van der Waals surface area contributed by atoms with Crippen LogP contribution >= 0.6 is 0 Å². The summed E-state index contributed by atoms with van der Waals surface area (Å²) in [4.78, 5) is 30.1. The van der Waals surface area contributed by atoms with Gasteiger partial charge in [0.2, 0.25) is 11.8 Å². The Kier molecular flexibility index (Phi) is 6.69. The fraction of sp³-hybridized carbons (Fsp3) is 0.350. The lowest BCUT2D eigenvalue weighted by molar-refractivity contribution is -0.121. The van der Waals surface area contributed by atoms with Gasteiger partial charge in [-0.05, 0) is 29.7 Å². The number of aromatic nitrogens is 1. The molecule has 1 aromatic heterocycles. The second-order valence-electron chi connectivity index (χ2n) is 6.23. The molecule has 2 rings (SSSR count). The number of anilines is 1. The first-order chi connectivity index (χ1) is 12.0. The molecular formula is C20H25N3O2. The summed E-state index contributed by atoms with van der Waals surface area (Å²) in [5, 5.41) is 2.84. The number of benzene rings is 1. The summed E-state index contributed by atoms with van der Waals surface area (Å²) in [5.74, 6) is 0.139. The summed E-state index contributed by atoms with van der Waals surface area (Å²) in [6.45, 7) is 6.46. The van der Waals surface area contributed by atoms with E-state index in [0.29, 0.717) is 19.0 Å². The van der Waals surface area contributed by atoms with E-state index in [1.165, 1.54) is 6.92 Å². The molecule has 0 bridgehead atoms. The standard InChI is InChI=1S/C20H25N3O2/c1-15(2)18-9-4-5-10-19(18)23(16(3)24)13-11-20(25)22-14-17-8-6-7-12-21-17/h4-10,12,15H,11,13-14H2,1-3H3,(H,22,25). The lowest BCUT2D eigenvalue weighted by atomic mass is 10.0. The van der Waals surface area contributed by atoms with Crippen LogP contribution < -0.4 is 10.2 Å². The summed E-state index contributed by atoms with van der Waals surface area (Å²) >= 11 is 0. The Labute approximate surface area is 149 Å². The van der Waals surface area contributed by atoms with Crippen molar-refractivity contribution in [1.82, 2.24) is 10.3 Å². The molecule has 0 radical (unpaired) electrons. The summed E-state index contributed by atoms with van der Waals surface area (Å²) < 4.78 is 0. The van der Waals surface area contributed by atoms with E-state index in [2.05, 4.69) is 24.1 Å². The first-order valence-corrected chi connectivity index (χ1v) is 8.52. The molecule has 5 heteroatoms. The number of para-hydroxylation sites is 1. The van der Waals surface area contributed by atoms with Gasteiger partial charge in [-0.2, -0.15) is 0 Å². The molecule has 0 unspecified atom stereocenters. The summed E-state index contributed by atoms with van der Waals surface area (Å²) in [5.41, 5.74) is 2.79. The maximum atomic E-state index is 12.1. The van der Waals surface area contributed by atoms with Crippen molar-refractivity contribution < 1.29 is 9.59 Å². The Morgan fingerprint density at radius 2 is 1.84 bits per heavy atom. The molecule has 5 nitrogen and oxygen atoms in total. The second kappa shape index (κ2) is 8.97. The van der Waals surface area contributed by atoms with Gasteiger partial charge in [-0.1, -0.05) is 38.1 Å². The number of amides is 2. The van der Waals surface area contributed by atoms with Crippen LogP contribution in [0.2, 0.25) is 0 Å². The van der Waals surface area contributed by atoms with E-state index < -0.39 is 0 Å². The molecule has 2 aromatic rings. The van der Waals surface area contributed by atoms with E-state index in [4.69, 9.17) is 0 Å². The topological polar surface area (TPSA) is 62.3 Å². The molecular weight excluding hydrogens is 314 g/mol. The van der Waals surface area contributed by atoms with Crippen molar-refractivity contribution >= 4 is 17.5 Å². The van der Waals surface area contributed by atoms with Crippen molar-refractivity contribution in [3.63, 3.8) is 0 Å². The van der Waals surface area contributed by atoms with Gasteiger partial charge in [0.05, 0.1) is 12.2 Å². The van der Waals surface area contributed by atoms with E-state index in [1.807, 2.05) is 42.5 Å². The highest BCUT2D eigenvalue weighted by Gasteiger charge is 2.17. The van der Waals surface area contributed by atoms with Gasteiger partial charge in [0.15, 0.2) is 0 Å². The lowest BCUT2D eigenvalue weighted by Crippen LogP contribution is -2.34. The van der Waals surface area contributed by atoms with E-state index in [1.54, 1.807) is 11.1 Å². The van der Waals surface area contributed by atoms with E-state index >= 15 is 0 Å². The third-order valence-electron chi connectivity index (χ3n) is 3.98. The molecule has 0 atom stereocenters. The van der Waals surface area contributed by atoms with Gasteiger partial charge in [0, 0.05) is 31.8 Å². The van der Waals surface area contributed by atoms with Crippen LogP contribution in [0.4, 0.5) is 5.69 Å². The average Bonchev–Trinajstić information content (AvgIpc) is 2.61. The maximum absolute atomic E-state index is 12.1. The number of carbonyl (C=O) groups excluding carboxylic acids is 2. The molecule has 0 saturated carbocycles. The van der Waals surface area contributed by atoms with Crippen molar-refractivity contribution in [2.75, 3.05) is 11.4 Å². The molecule has 132 valence electrons. The fourth-order valence-corrected chi connectivity index (χ4v) is 2.66. The van der Waals surface area contributed by atoms with E-state index in [-0.39, 0.29) is 18.2 Å². The van der Waals surface area contributed by atoms with Gasteiger partial charge in [-0.15, -0.1) is 0 Å². The van der Waals surface area contributed by atoms with Gasteiger partial charge >= 0.3 is 0 Å². The van der Waals surface area contributed by atoms with Crippen LogP contribution in [0.1, 0.15) is 44.4 Å². The van der Waals surface area contributed by atoms with Crippen molar-refractivity contribution in [3.05, 3.63) is 59.9 Å². The van der Waals surface area contributed by atoms with Crippen LogP contribution in [0, 0.1) is 0 Å². The molecule has 1 N–H and O–H groups in total. The quantitative estimate of drug-likeness (QED) is 0.842. The number of carbonyl (C=O) groups is 2. The molecule has 0 spiro atoms. The van der Waals surface area contributed by atoms with Crippen molar-refractivity contribution in [3.8, 4) is 0 Å². The highest BCUT2D eigenvalue weighted by molar-refractivity contribution is 5.93. The zero-order valence-corrected chi connectivity index (χ0v) is 15.0. The minimum Gasteiger partial charge on any atom is -0.350 e.